The number of nitrogens with zero attached hydrogens (tertiary/aromatic N) is 1. The molecule has 0 aromatic heterocycles. The van der Waals surface area contributed by atoms with Crippen LogP contribution in [0.3, 0.4) is 0 Å². The van der Waals surface area contributed by atoms with Crippen LogP contribution in [0, 0.1) is 11.8 Å². The van der Waals surface area contributed by atoms with Crippen LogP contribution in [0.25, 0.3) is 0 Å². The van der Waals surface area contributed by atoms with Crippen LogP contribution in [0.1, 0.15) is 37.7 Å². The van der Waals surface area contributed by atoms with Gasteiger partial charge in [-0.3, -0.25) is 19.3 Å². The third kappa shape index (κ3) is 3.68. The lowest BCUT2D eigenvalue weighted by atomic mass is 9.81. The first kappa shape index (κ1) is 19.1. The summed E-state index contributed by atoms with van der Waals surface area (Å²) < 4.78 is 16.2. The van der Waals surface area contributed by atoms with Crippen molar-refractivity contribution in [3.63, 3.8) is 0 Å². The van der Waals surface area contributed by atoms with Gasteiger partial charge in [0.1, 0.15) is 19.8 Å². The zero-order valence-electron chi connectivity index (χ0n) is 15.4. The van der Waals surface area contributed by atoms with E-state index in [1.807, 2.05) is 0 Å². The fraction of sp³-hybridized carbons (Fsp3) is 0.550. The van der Waals surface area contributed by atoms with Crippen LogP contribution in [0.5, 0.6) is 11.5 Å². The van der Waals surface area contributed by atoms with Crippen molar-refractivity contribution in [2.75, 3.05) is 19.8 Å². The number of hydrogen-bond acceptors (Lipinski definition) is 6. The maximum atomic E-state index is 12.4. The molecule has 1 saturated carbocycles. The van der Waals surface area contributed by atoms with E-state index in [4.69, 9.17) is 25.8 Å². The van der Waals surface area contributed by atoms with Crippen LogP contribution in [-0.4, -0.2) is 42.4 Å². The van der Waals surface area contributed by atoms with Crippen molar-refractivity contribution in [1.82, 2.24) is 4.90 Å². The molecule has 1 aromatic carbocycles. The van der Waals surface area contributed by atoms with Gasteiger partial charge in [-0.1, -0.05) is 24.4 Å². The lowest BCUT2D eigenvalue weighted by Crippen LogP contribution is -2.33. The van der Waals surface area contributed by atoms with Crippen molar-refractivity contribution >= 4 is 29.4 Å². The third-order valence-electron chi connectivity index (χ3n) is 5.53. The number of imide groups is 1. The topological polar surface area (TPSA) is 82.1 Å². The van der Waals surface area contributed by atoms with Crippen molar-refractivity contribution in [1.29, 1.82) is 0 Å². The molecular formula is C20H22ClNO6. The second-order valence-electron chi connectivity index (χ2n) is 7.34. The average Bonchev–Trinajstić information content (AvgIpc) is 2.95. The number of amides is 2. The highest BCUT2D eigenvalue weighted by atomic mass is 35.5. The van der Waals surface area contributed by atoms with Crippen LogP contribution in [0.4, 0.5) is 0 Å². The molecule has 1 aliphatic carbocycles. The van der Waals surface area contributed by atoms with Crippen molar-refractivity contribution in [3.05, 3.63) is 22.7 Å². The Morgan fingerprint density at radius 2 is 1.79 bits per heavy atom. The standard InChI is InChI=1S/C20H22ClNO6/c21-15-9-12(10-16-18(15)27-8-7-26-16)11-28-17(23)5-6-22-19(24)13-3-1-2-4-14(13)20(22)25/h9-10,13-14H,1-8,11H2/t13-,14-/m0/s1. The molecule has 2 atom stereocenters. The first-order valence-electron chi connectivity index (χ1n) is 9.63. The molecule has 1 aromatic rings. The Morgan fingerprint density at radius 1 is 1.11 bits per heavy atom. The van der Waals surface area contributed by atoms with E-state index >= 15 is 0 Å². The molecule has 0 radical (unpaired) electrons. The Bertz CT molecular complexity index is 786. The Hall–Kier alpha value is -2.28. The molecule has 3 aliphatic rings. The molecule has 0 N–H and O–H groups in total. The molecule has 1 saturated heterocycles. The maximum Gasteiger partial charge on any atom is 0.307 e. The molecule has 28 heavy (non-hydrogen) atoms. The highest BCUT2D eigenvalue weighted by Gasteiger charge is 2.47. The predicted molar refractivity (Wildman–Crippen MR) is 99.0 cm³/mol. The molecule has 2 aliphatic heterocycles. The number of esters is 1. The predicted octanol–water partition coefficient (Wildman–Crippen LogP) is 2.72. The number of likely N-dealkylation sites (tertiary alicyclic amines) is 1. The summed E-state index contributed by atoms with van der Waals surface area (Å²) in [6.45, 7) is 0.983. The minimum Gasteiger partial charge on any atom is -0.486 e. The van der Waals surface area contributed by atoms with Crippen molar-refractivity contribution in [2.45, 2.75) is 38.7 Å². The summed E-state index contributed by atoms with van der Waals surface area (Å²) in [4.78, 5) is 38.2. The van der Waals surface area contributed by atoms with E-state index in [9.17, 15) is 14.4 Å². The maximum absolute atomic E-state index is 12.4. The van der Waals surface area contributed by atoms with Gasteiger partial charge in [-0.25, -0.2) is 0 Å². The number of ether oxygens (including phenoxy) is 3. The number of fused-ring (bicyclic) bond motifs is 2. The van der Waals surface area contributed by atoms with E-state index < -0.39 is 5.97 Å². The monoisotopic (exact) mass is 407 g/mol. The van der Waals surface area contributed by atoms with E-state index in [1.165, 1.54) is 4.90 Å². The molecule has 7 nitrogen and oxygen atoms in total. The number of carbonyl (C=O) groups excluding carboxylic acids is 3. The lowest BCUT2D eigenvalue weighted by Gasteiger charge is -2.20. The first-order valence-corrected chi connectivity index (χ1v) is 10.0. The molecule has 8 heteroatoms. The van der Waals surface area contributed by atoms with Gasteiger partial charge in [-0.2, -0.15) is 0 Å². The second kappa shape index (κ2) is 7.99. The number of rotatable bonds is 5. The third-order valence-corrected chi connectivity index (χ3v) is 5.81. The SMILES string of the molecule is O=C(CCN1C(=O)[C@H]2CCCC[C@@H]2C1=O)OCc1cc(Cl)c2c(c1)OCCO2. The Morgan fingerprint density at radius 3 is 2.50 bits per heavy atom. The summed E-state index contributed by atoms with van der Waals surface area (Å²) in [5.74, 6) is -0.117. The van der Waals surface area contributed by atoms with Crippen LogP contribution in [-0.2, 0) is 25.7 Å². The highest BCUT2D eigenvalue weighted by Crippen LogP contribution is 2.39. The lowest BCUT2D eigenvalue weighted by molar-refractivity contribution is -0.146. The minimum atomic E-state index is -0.471. The Labute approximate surface area is 167 Å². The zero-order chi connectivity index (χ0) is 19.7. The summed E-state index contributed by atoms with van der Waals surface area (Å²) in [5, 5.41) is 0.402. The molecule has 2 amide bonds. The van der Waals surface area contributed by atoms with E-state index in [-0.39, 0.29) is 43.2 Å². The van der Waals surface area contributed by atoms with Gasteiger partial charge in [0.2, 0.25) is 11.8 Å². The van der Waals surface area contributed by atoms with Crippen molar-refractivity contribution < 1.29 is 28.6 Å². The van der Waals surface area contributed by atoms with Gasteiger partial charge in [0, 0.05) is 6.54 Å². The van der Waals surface area contributed by atoms with Crippen LogP contribution >= 0.6 is 11.6 Å². The largest absolute Gasteiger partial charge is 0.486 e. The summed E-state index contributed by atoms with van der Waals surface area (Å²) >= 11 is 6.17. The van der Waals surface area contributed by atoms with Gasteiger partial charge in [-0.15, -0.1) is 0 Å². The molecule has 0 bridgehead atoms. The van der Waals surface area contributed by atoms with Crippen LogP contribution < -0.4 is 9.47 Å². The fourth-order valence-electron chi connectivity index (χ4n) is 4.14. The van der Waals surface area contributed by atoms with Gasteiger partial charge < -0.3 is 14.2 Å². The van der Waals surface area contributed by atoms with Gasteiger partial charge >= 0.3 is 5.97 Å². The van der Waals surface area contributed by atoms with Crippen LogP contribution in [0.2, 0.25) is 5.02 Å². The van der Waals surface area contributed by atoms with Gasteiger partial charge in [0.15, 0.2) is 11.5 Å². The summed E-state index contributed by atoms with van der Waals surface area (Å²) in [6.07, 6.45) is 3.47. The molecular weight excluding hydrogens is 386 g/mol. The van der Waals surface area contributed by atoms with Crippen LogP contribution in [0.15, 0.2) is 12.1 Å². The number of carbonyl (C=O) groups is 3. The smallest absolute Gasteiger partial charge is 0.307 e. The quantitative estimate of drug-likeness (QED) is 0.551. The van der Waals surface area contributed by atoms with Crippen molar-refractivity contribution in [3.8, 4) is 11.5 Å². The Kier molecular flexibility index (Phi) is 5.44. The number of hydrogen-bond donors (Lipinski definition) is 0. The normalized spacial score (nSPS) is 23.5. The fourth-order valence-corrected chi connectivity index (χ4v) is 4.43. The molecule has 2 heterocycles. The average molecular weight is 408 g/mol. The minimum absolute atomic E-state index is 0.0186. The van der Waals surface area contributed by atoms with E-state index in [2.05, 4.69) is 0 Å². The number of halogens is 1. The van der Waals surface area contributed by atoms with E-state index in [0.29, 0.717) is 35.3 Å². The molecule has 0 spiro atoms. The molecule has 2 fully saturated rings. The highest BCUT2D eigenvalue weighted by molar-refractivity contribution is 6.32. The second-order valence-corrected chi connectivity index (χ2v) is 7.75. The van der Waals surface area contributed by atoms with Gasteiger partial charge in [0.05, 0.1) is 23.3 Å². The summed E-state index contributed by atoms with van der Waals surface area (Å²) in [7, 11) is 0. The van der Waals surface area contributed by atoms with E-state index in [0.717, 1.165) is 25.7 Å². The molecule has 0 unspecified atom stereocenters. The zero-order valence-corrected chi connectivity index (χ0v) is 16.2. The number of benzene rings is 1. The first-order chi connectivity index (χ1) is 13.5. The van der Waals surface area contributed by atoms with Crippen molar-refractivity contribution in [2.24, 2.45) is 11.8 Å². The van der Waals surface area contributed by atoms with Gasteiger partial charge in [-0.05, 0) is 30.5 Å². The summed E-state index contributed by atoms with van der Waals surface area (Å²) in [6, 6.07) is 3.40. The molecule has 150 valence electrons. The molecule has 4 rings (SSSR count). The Balaban J connectivity index is 1.30. The van der Waals surface area contributed by atoms with Gasteiger partial charge in [0.25, 0.3) is 0 Å². The summed E-state index contributed by atoms with van der Waals surface area (Å²) in [5.41, 5.74) is 0.682. The van der Waals surface area contributed by atoms with E-state index in [1.54, 1.807) is 12.1 Å².